The van der Waals surface area contributed by atoms with E-state index in [1.807, 2.05) is 0 Å². The maximum Gasteiger partial charge on any atom is 0.0575 e. The molecule has 0 atom stereocenters. The van der Waals surface area contributed by atoms with Crippen molar-refractivity contribution in [3.8, 4) is 0 Å². The molecule has 0 spiro atoms. The second-order valence-corrected chi connectivity index (χ2v) is 4.13. The fourth-order valence-electron chi connectivity index (χ4n) is 2.17. The smallest absolute Gasteiger partial charge is 0.0575 e. The Kier molecular flexibility index (Phi) is 9.42. The molecule has 0 amide bonds. The molecule has 86 valence electrons. The maximum absolute atomic E-state index is 5.71. The van der Waals surface area contributed by atoms with Crippen LogP contribution >= 0.6 is 0 Å². The molecule has 0 heterocycles. The van der Waals surface area contributed by atoms with E-state index in [1.54, 1.807) is 0 Å². The maximum atomic E-state index is 5.71. The first-order valence-corrected chi connectivity index (χ1v) is 6.05. The van der Waals surface area contributed by atoms with E-state index in [2.05, 4.69) is 6.92 Å². The summed E-state index contributed by atoms with van der Waals surface area (Å²) in [6.45, 7) is 3.00. The molecule has 0 aromatic rings. The predicted octanol–water partition coefficient (Wildman–Crippen LogP) is 4.08. The normalized spacial score (nSPS) is 21.2. The lowest BCUT2D eigenvalue weighted by Crippen LogP contribution is -2.13. The van der Waals surface area contributed by atoms with E-state index < -0.39 is 0 Å². The molecule has 1 saturated carbocycles. The van der Waals surface area contributed by atoms with Gasteiger partial charge >= 0.3 is 0 Å². The average molecular weight is 201 g/mol. The van der Waals surface area contributed by atoms with Crippen molar-refractivity contribution in [3.63, 3.8) is 0 Å². The molecule has 1 aliphatic rings. The molecule has 0 saturated heterocycles. The van der Waals surface area contributed by atoms with Gasteiger partial charge in [0.1, 0.15) is 0 Å². The Balaban J connectivity index is 0.00000169. The fraction of sp³-hybridized carbons (Fsp3) is 1.00. The molecule has 0 bridgehead atoms. The van der Waals surface area contributed by atoms with Crippen molar-refractivity contribution in [3.05, 3.63) is 0 Å². The third-order valence-electron chi connectivity index (χ3n) is 2.95. The van der Waals surface area contributed by atoms with Gasteiger partial charge in [-0.3, -0.25) is 0 Å². The summed E-state index contributed by atoms with van der Waals surface area (Å²) in [5, 5.41) is 0. The SMILES string of the molecule is CCOC1CCCCCCCCC1.N. The van der Waals surface area contributed by atoms with E-state index >= 15 is 0 Å². The molecule has 1 rings (SSSR count). The van der Waals surface area contributed by atoms with E-state index in [1.165, 1.54) is 57.8 Å². The first-order valence-electron chi connectivity index (χ1n) is 6.05. The van der Waals surface area contributed by atoms with Crippen molar-refractivity contribution >= 4 is 0 Å². The minimum atomic E-state index is 0. The van der Waals surface area contributed by atoms with E-state index in [0.29, 0.717) is 6.10 Å². The highest BCUT2D eigenvalue weighted by Gasteiger charge is 2.08. The number of hydrogen-bond donors (Lipinski definition) is 1. The monoisotopic (exact) mass is 201 g/mol. The molecule has 2 heteroatoms. The zero-order valence-corrected chi connectivity index (χ0v) is 9.76. The molecular weight excluding hydrogens is 174 g/mol. The minimum Gasteiger partial charge on any atom is -0.379 e. The quantitative estimate of drug-likeness (QED) is 0.731. The fourth-order valence-corrected chi connectivity index (χ4v) is 2.17. The Hall–Kier alpha value is -0.0800. The molecule has 1 fully saturated rings. The zero-order valence-electron chi connectivity index (χ0n) is 9.76. The van der Waals surface area contributed by atoms with Crippen molar-refractivity contribution in [2.24, 2.45) is 0 Å². The highest BCUT2D eigenvalue weighted by atomic mass is 16.5. The van der Waals surface area contributed by atoms with Crippen LogP contribution in [0.3, 0.4) is 0 Å². The summed E-state index contributed by atoms with van der Waals surface area (Å²) < 4.78 is 5.71. The van der Waals surface area contributed by atoms with Gasteiger partial charge in [-0.15, -0.1) is 0 Å². The van der Waals surface area contributed by atoms with E-state index in [-0.39, 0.29) is 6.15 Å². The zero-order chi connectivity index (χ0) is 9.36. The Morgan fingerprint density at radius 1 is 0.857 bits per heavy atom. The van der Waals surface area contributed by atoms with Gasteiger partial charge in [0, 0.05) is 6.61 Å². The highest BCUT2D eigenvalue weighted by Crippen LogP contribution is 2.18. The second kappa shape index (κ2) is 9.47. The lowest BCUT2D eigenvalue weighted by Gasteiger charge is -2.18. The Bertz CT molecular complexity index is 107. The second-order valence-electron chi connectivity index (χ2n) is 4.13. The molecule has 0 aromatic heterocycles. The third-order valence-corrected chi connectivity index (χ3v) is 2.95. The van der Waals surface area contributed by atoms with Gasteiger partial charge in [-0.05, 0) is 19.8 Å². The van der Waals surface area contributed by atoms with Gasteiger partial charge in [0.25, 0.3) is 0 Å². The largest absolute Gasteiger partial charge is 0.379 e. The lowest BCUT2D eigenvalue weighted by molar-refractivity contribution is 0.0462. The van der Waals surface area contributed by atoms with Crippen LogP contribution in [0, 0.1) is 0 Å². The van der Waals surface area contributed by atoms with E-state index in [0.717, 1.165) is 6.61 Å². The van der Waals surface area contributed by atoms with Crippen LogP contribution in [0.4, 0.5) is 0 Å². The Morgan fingerprint density at radius 3 is 1.71 bits per heavy atom. The Labute approximate surface area is 89.0 Å². The topological polar surface area (TPSA) is 44.2 Å². The van der Waals surface area contributed by atoms with Gasteiger partial charge in [0.15, 0.2) is 0 Å². The predicted molar refractivity (Wildman–Crippen MR) is 62.0 cm³/mol. The van der Waals surface area contributed by atoms with Crippen molar-refractivity contribution in [1.29, 1.82) is 0 Å². The molecule has 14 heavy (non-hydrogen) atoms. The van der Waals surface area contributed by atoms with Gasteiger partial charge in [-0.25, -0.2) is 0 Å². The van der Waals surface area contributed by atoms with Crippen LogP contribution < -0.4 is 6.15 Å². The molecule has 0 radical (unpaired) electrons. The minimum absolute atomic E-state index is 0. The van der Waals surface area contributed by atoms with Gasteiger partial charge in [-0.1, -0.05) is 44.9 Å². The van der Waals surface area contributed by atoms with E-state index in [9.17, 15) is 0 Å². The van der Waals surface area contributed by atoms with Gasteiger partial charge in [0.05, 0.1) is 6.10 Å². The van der Waals surface area contributed by atoms with Crippen LogP contribution in [0.2, 0.25) is 0 Å². The standard InChI is InChI=1S/C12H24O.H3N/c1-2-13-12-10-8-6-4-3-5-7-9-11-12;/h12H,2-11H2,1H3;1H3. The third kappa shape index (κ3) is 6.39. The highest BCUT2D eigenvalue weighted by molar-refractivity contribution is 4.61. The van der Waals surface area contributed by atoms with E-state index in [4.69, 9.17) is 4.74 Å². The molecule has 0 aliphatic heterocycles. The molecular formula is C12H27NO. The van der Waals surface area contributed by atoms with Crippen LogP contribution in [-0.2, 0) is 4.74 Å². The Morgan fingerprint density at radius 2 is 1.29 bits per heavy atom. The lowest BCUT2D eigenvalue weighted by atomic mass is 9.99. The van der Waals surface area contributed by atoms with Crippen molar-refractivity contribution in [1.82, 2.24) is 6.15 Å². The average Bonchev–Trinajstić information content (AvgIpc) is 2.16. The number of ether oxygens (including phenoxy) is 1. The van der Waals surface area contributed by atoms with Gasteiger partial charge in [-0.2, -0.15) is 0 Å². The first kappa shape index (κ1) is 13.9. The first-order chi connectivity index (χ1) is 6.43. The molecule has 3 N–H and O–H groups in total. The van der Waals surface area contributed by atoms with Crippen LogP contribution in [0.1, 0.15) is 64.7 Å². The molecule has 0 aromatic carbocycles. The number of rotatable bonds is 2. The summed E-state index contributed by atoms with van der Waals surface area (Å²) in [7, 11) is 0. The van der Waals surface area contributed by atoms with Crippen molar-refractivity contribution in [2.75, 3.05) is 6.61 Å². The van der Waals surface area contributed by atoms with Crippen molar-refractivity contribution in [2.45, 2.75) is 70.8 Å². The molecule has 0 unspecified atom stereocenters. The van der Waals surface area contributed by atoms with Crippen LogP contribution in [0.25, 0.3) is 0 Å². The molecule has 1 aliphatic carbocycles. The summed E-state index contributed by atoms with van der Waals surface area (Å²) in [6, 6.07) is 0. The van der Waals surface area contributed by atoms with Crippen LogP contribution in [-0.4, -0.2) is 12.7 Å². The van der Waals surface area contributed by atoms with Gasteiger partial charge in [0.2, 0.25) is 0 Å². The van der Waals surface area contributed by atoms with Crippen LogP contribution in [0.15, 0.2) is 0 Å². The molecule has 2 nitrogen and oxygen atoms in total. The summed E-state index contributed by atoms with van der Waals surface area (Å²) in [6.07, 6.45) is 13.1. The summed E-state index contributed by atoms with van der Waals surface area (Å²) >= 11 is 0. The summed E-state index contributed by atoms with van der Waals surface area (Å²) in [5.74, 6) is 0. The number of hydrogen-bond acceptors (Lipinski definition) is 2. The van der Waals surface area contributed by atoms with Crippen LogP contribution in [0.5, 0.6) is 0 Å². The van der Waals surface area contributed by atoms with Crippen molar-refractivity contribution < 1.29 is 4.74 Å². The van der Waals surface area contributed by atoms with Gasteiger partial charge < -0.3 is 10.9 Å². The summed E-state index contributed by atoms with van der Waals surface area (Å²) in [5.41, 5.74) is 0. The summed E-state index contributed by atoms with van der Waals surface area (Å²) in [4.78, 5) is 0.